The van der Waals surface area contributed by atoms with Crippen LogP contribution in [0.15, 0.2) is 18.2 Å². The summed E-state index contributed by atoms with van der Waals surface area (Å²) in [5.74, 6) is -0.361. The van der Waals surface area contributed by atoms with Gasteiger partial charge in [-0.1, -0.05) is 11.6 Å². The monoisotopic (exact) mass is 262 g/mol. The van der Waals surface area contributed by atoms with E-state index >= 15 is 0 Å². The van der Waals surface area contributed by atoms with Gasteiger partial charge in [0.2, 0.25) is 0 Å². The number of hydrogen-bond donors (Lipinski definition) is 1. The summed E-state index contributed by atoms with van der Waals surface area (Å²) >= 11 is 5.96. The summed E-state index contributed by atoms with van der Waals surface area (Å²) in [6.07, 6.45) is 2.19. The largest absolute Gasteiger partial charge is 0.345 e. The van der Waals surface area contributed by atoms with Gasteiger partial charge in [-0.25, -0.2) is 0 Å². The van der Waals surface area contributed by atoms with Gasteiger partial charge in [-0.05, 0) is 36.6 Å². The van der Waals surface area contributed by atoms with Crippen LogP contribution in [0.3, 0.4) is 0 Å². The van der Waals surface area contributed by atoms with E-state index in [1.165, 1.54) is 6.07 Å². The summed E-state index contributed by atoms with van der Waals surface area (Å²) in [5.41, 5.74) is 0.666. The Morgan fingerprint density at radius 1 is 1.50 bits per heavy atom. The van der Waals surface area contributed by atoms with Gasteiger partial charge in [0.25, 0.3) is 5.91 Å². The lowest BCUT2D eigenvalue weighted by atomic mass is 9.95. The van der Waals surface area contributed by atoms with Crippen LogP contribution in [0.1, 0.15) is 28.8 Å². The standard InChI is InChI=1S/C13H11ClN2O2/c14-11-6-9(12(18)16-3-4-17)5-10(7-11)13(8-15)1-2-13/h4-7H,1-3H2,(H,16,18). The van der Waals surface area contributed by atoms with Crippen LogP contribution in [-0.4, -0.2) is 18.7 Å². The second kappa shape index (κ2) is 4.79. The molecular formula is C13H11ClN2O2. The van der Waals surface area contributed by atoms with Gasteiger partial charge in [-0.15, -0.1) is 0 Å². The predicted octanol–water partition coefficient (Wildman–Crippen LogP) is 1.82. The van der Waals surface area contributed by atoms with Crippen molar-refractivity contribution in [2.45, 2.75) is 18.3 Å². The van der Waals surface area contributed by atoms with Crippen LogP contribution < -0.4 is 5.32 Å². The highest BCUT2D eigenvalue weighted by atomic mass is 35.5. The maximum absolute atomic E-state index is 11.7. The first-order valence-electron chi connectivity index (χ1n) is 5.55. The Bertz CT molecular complexity index is 544. The van der Waals surface area contributed by atoms with Gasteiger partial charge in [-0.3, -0.25) is 4.79 Å². The zero-order valence-corrected chi connectivity index (χ0v) is 10.3. The molecular weight excluding hydrogens is 252 g/mol. The van der Waals surface area contributed by atoms with Crippen LogP contribution in [-0.2, 0) is 10.2 Å². The summed E-state index contributed by atoms with van der Waals surface area (Å²) in [7, 11) is 0. The number of rotatable bonds is 4. The van der Waals surface area contributed by atoms with Crippen molar-refractivity contribution >= 4 is 23.8 Å². The average Bonchev–Trinajstić information content (AvgIpc) is 3.16. The number of hydrogen-bond acceptors (Lipinski definition) is 3. The molecule has 4 nitrogen and oxygen atoms in total. The molecule has 1 aliphatic carbocycles. The Labute approximate surface area is 110 Å². The van der Waals surface area contributed by atoms with Gasteiger partial charge in [0.15, 0.2) is 0 Å². The smallest absolute Gasteiger partial charge is 0.251 e. The SMILES string of the molecule is N#CC1(c2cc(Cl)cc(C(=O)NCC=O)c2)CC1. The molecule has 0 atom stereocenters. The van der Waals surface area contributed by atoms with E-state index in [4.69, 9.17) is 16.9 Å². The Morgan fingerprint density at radius 3 is 2.78 bits per heavy atom. The molecule has 0 unspecified atom stereocenters. The number of nitrogens with one attached hydrogen (secondary N) is 1. The third-order valence-electron chi connectivity index (χ3n) is 3.02. The summed E-state index contributed by atoms with van der Waals surface area (Å²) in [6.45, 7) is -0.0376. The lowest BCUT2D eigenvalue weighted by Gasteiger charge is -2.09. The second-order valence-electron chi connectivity index (χ2n) is 4.30. The predicted molar refractivity (Wildman–Crippen MR) is 66.4 cm³/mol. The number of halogens is 1. The number of aldehydes is 1. The van der Waals surface area contributed by atoms with Crippen LogP contribution >= 0.6 is 11.6 Å². The Kier molecular flexibility index (Phi) is 3.35. The third kappa shape index (κ3) is 2.36. The van der Waals surface area contributed by atoms with Crippen molar-refractivity contribution in [2.75, 3.05) is 6.54 Å². The zero-order chi connectivity index (χ0) is 13.2. The fourth-order valence-electron chi connectivity index (χ4n) is 1.82. The van der Waals surface area contributed by atoms with Crippen molar-refractivity contribution in [3.8, 4) is 6.07 Å². The highest BCUT2D eigenvalue weighted by Crippen LogP contribution is 2.48. The molecule has 1 amide bonds. The van der Waals surface area contributed by atoms with Crippen molar-refractivity contribution < 1.29 is 9.59 Å². The summed E-state index contributed by atoms with van der Waals surface area (Å²) < 4.78 is 0. The highest BCUT2D eigenvalue weighted by Gasteiger charge is 2.45. The first kappa shape index (κ1) is 12.6. The molecule has 1 aromatic carbocycles. The minimum absolute atomic E-state index is 0.0376. The normalized spacial score (nSPS) is 15.6. The van der Waals surface area contributed by atoms with E-state index in [2.05, 4.69) is 11.4 Å². The zero-order valence-electron chi connectivity index (χ0n) is 9.57. The second-order valence-corrected chi connectivity index (χ2v) is 4.74. The van der Waals surface area contributed by atoms with Gasteiger partial charge in [0, 0.05) is 10.6 Å². The van der Waals surface area contributed by atoms with Gasteiger partial charge in [-0.2, -0.15) is 5.26 Å². The molecule has 5 heteroatoms. The average molecular weight is 263 g/mol. The lowest BCUT2D eigenvalue weighted by Crippen LogP contribution is -2.25. The first-order valence-corrected chi connectivity index (χ1v) is 5.93. The lowest BCUT2D eigenvalue weighted by molar-refractivity contribution is -0.107. The van der Waals surface area contributed by atoms with Gasteiger partial charge in [0.05, 0.1) is 18.0 Å². The van der Waals surface area contributed by atoms with Crippen LogP contribution in [0.4, 0.5) is 0 Å². The molecule has 0 spiro atoms. The third-order valence-corrected chi connectivity index (χ3v) is 3.24. The Hall–Kier alpha value is -1.86. The molecule has 0 saturated heterocycles. The topological polar surface area (TPSA) is 70.0 Å². The maximum atomic E-state index is 11.7. The van der Waals surface area contributed by atoms with Crippen molar-refractivity contribution in [2.24, 2.45) is 0 Å². The van der Waals surface area contributed by atoms with E-state index in [1.807, 2.05) is 0 Å². The maximum Gasteiger partial charge on any atom is 0.251 e. The minimum Gasteiger partial charge on any atom is -0.345 e. The van der Waals surface area contributed by atoms with Gasteiger partial charge < -0.3 is 10.1 Å². The highest BCUT2D eigenvalue weighted by molar-refractivity contribution is 6.31. The number of amides is 1. The van der Waals surface area contributed by atoms with E-state index < -0.39 is 5.41 Å². The minimum atomic E-state index is -0.482. The van der Waals surface area contributed by atoms with E-state index in [-0.39, 0.29) is 12.5 Å². The molecule has 1 fully saturated rings. The molecule has 0 aliphatic heterocycles. The van der Waals surface area contributed by atoms with E-state index in [0.717, 1.165) is 18.4 Å². The number of carbonyl (C=O) groups is 2. The number of nitriles is 1. The molecule has 18 heavy (non-hydrogen) atoms. The van der Waals surface area contributed by atoms with Gasteiger partial charge in [0.1, 0.15) is 6.29 Å². The van der Waals surface area contributed by atoms with Crippen LogP contribution in [0.2, 0.25) is 5.02 Å². The molecule has 0 heterocycles. The fraction of sp³-hybridized carbons (Fsp3) is 0.308. The molecule has 1 N–H and O–H groups in total. The van der Waals surface area contributed by atoms with Crippen molar-refractivity contribution in [3.63, 3.8) is 0 Å². The van der Waals surface area contributed by atoms with E-state index in [9.17, 15) is 9.59 Å². The van der Waals surface area contributed by atoms with E-state index in [0.29, 0.717) is 16.9 Å². The Balaban J connectivity index is 2.30. The molecule has 2 rings (SSSR count). The molecule has 1 aliphatic rings. The van der Waals surface area contributed by atoms with Crippen LogP contribution in [0.25, 0.3) is 0 Å². The molecule has 92 valence electrons. The summed E-state index contributed by atoms with van der Waals surface area (Å²) in [6, 6.07) is 7.17. The first-order chi connectivity index (χ1) is 8.61. The van der Waals surface area contributed by atoms with Crippen LogP contribution in [0.5, 0.6) is 0 Å². The van der Waals surface area contributed by atoms with Crippen molar-refractivity contribution in [1.82, 2.24) is 5.32 Å². The van der Waals surface area contributed by atoms with Gasteiger partial charge >= 0.3 is 0 Å². The fourth-order valence-corrected chi connectivity index (χ4v) is 2.06. The van der Waals surface area contributed by atoms with Crippen LogP contribution in [0, 0.1) is 11.3 Å². The Morgan fingerprint density at radius 2 is 2.22 bits per heavy atom. The quantitative estimate of drug-likeness (QED) is 0.842. The molecule has 0 radical (unpaired) electrons. The van der Waals surface area contributed by atoms with E-state index in [1.54, 1.807) is 12.1 Å². The number of carbonyl (C=O) groups excluding carboxylic acids is 2. The number of nitrogens with zero attached hydrogens (tertiary/aromatic N) is 1. The summed E-state index contributed by atoms with van der Waals surface area (Å²) in [4.78, 5) is 21.9. The molecule has 1 aromatic rings. The van der Waals surface area contributed by atoms with Crippen molar-refractivity contribution in [1.29, 1.82) is 5.26 Å². The molecule has 0 bridgehead atoms. The molecule has 1 saturated carbocycles. The molecule has 0 aromatic heterocycles. The summed E-state index contributed by atoms with van der Waals surface area (Å²) in [5, 5.41) is 12.0. The number of benzene rings is 1. The van der Waals surface area contributed by atoms with Crippen molar-refractivity contribution in [3.05, 3.63) is 34.3 Å².